The van der Waals surface area contributed by atoms with Crippen LogP contribution in [-0.2, 0) is 0 Å². The van der Waals surface area contributed by atoms with Gasteiger partial charge in [0, 0.05) is 23.0 Å². The zero-order chi connectivity index (χ0) is 14.7. The molecule has 104 valence electrons. The molecule has 1 amide bonds. The molecule has 2 heterocycles. The minimum absolute atomic E-state index is 0.222. The van der Waals surface area contributed by atoms with E-state index in [-0.39, 0.29) is 5.91 Å². The van der Waals surface area contributed by atoms with Crippen molar-refractivity contribution in [1.82, 2.24) is 15.2 Å². The Balaban J connectivity index is 1.82. The lowest BCUT2D eigenvalue weighted by atomic mass is 10.2. The van der Waals surface area contributed by atoms with Crippen molar-refractivity contribution in [1.29, 1.82) is 0 Å². The zero-order valence-corrected chi connectivity index (χ0v) is 12.2. The van der Waals surface area contributed by atoms with Crippen molar-refractivity contribution in [3.8, 4) is 11.5 Å². The number of rotatable bonds is 3. The summed E-state index contributed by atoms with van der Waals surface area (Å²) >= 11 is 3.23. The van der Waals surface area contributed by atoms with Gasteiger partial charge in [0.25, 0.3) is 5.91 Å². The third kappa shape index (κ3) is 3.14. The second-order valence-electron chi connectivity index (χ2n) is 4.15. The fraction of sp³-hybridized carbons (Fsp3) is 0. The molecule has 1 N–H and O–H groups in total. The van der Waals surface area contributed by atoms with Gasteiger partial charge in [-0.2, -0.15) is 0 Å². The molecule has 1 aromatic carbocycles. The van der Waals surface area contributed by atoms with Gasteiger partial charge in [-0.25, -0.2) is 4.98 Å². The van der Waals surface area contributed by atoms with E-state index in [9.17, 15) is 4.79 Å². The number of nitrogens with zero attached hydrogens (tertiary/aromatic N) is 3. The van der Waals surface area contributed by atoms with Crippen molar-refractivity contribution in [3.63, 3.8) is 0 Å². The molecule has 0 fully saturated rings. The number of benzene rings is 1. The number of pyridine rings is 1. The van der Waals surface area contributed by atoms with Crippen molar-refractivity contribution < 1.29 is 9.21 Å². The molecule has 0 saturated carbocycles. The number of amides is 1. The van der Waals surface area contributed by atoms with Crippen LogP contribution in [0.4, 0.5) is 5.69 Å². The van der Waals surface area contributed by atoms with E-state index in [1.807, 2.05) is 6.07 Å². The molecular formula is C14H9BrN4O2. The van der Waals surface area contributed by atoms with Gasteiger partial charge in [0.05, 0.1) is 0 Å². The molecule has 6 nitrogen and oxygen atoms in total. The number of carbonyl (C=O) groups excluding carboxylic acids is 1. The number of aromatic nitrogens is 3. The summed E-state index contributed by atoms with van der Waals surface area (Å²) in [5, 5.41) is 10.3. The molecule has 0 aliphatic rings. The molecule has 3 rings (SSSR count). The number of carbonyl (C=O) groups is 1. The molecule has 0 saturated heterocycles. The van der Waals surface area contributed by atoms with Gasteiger partial charge >= 0.3 is 0 Å². The zero-order valence-electron chi connectivity index (χ0n) is 10.7. The van der Waals surface area contributed by atoms with E-state index in [1.54, 1.807) is 36.5 Å². The molecule has 0 atom stereocenters. The Morgan fingerprint density at radius 1 is 1.24 bits per heavy atom. The van der Waals surface area contributed by atoms with E-state index in [2.05, 4.69) is 36.4 Å². The van der Waals surface area contributed by atoms with Crippen molar-refractivity contribution in [2.75, 3.05) is 5.32 Å². The van der Waals surface area contributed by atoms with E-state index >= 15 is 0 Å². The summed E-state index contributed by atoms with van der Waals surface area (Å²) < 4.78 is 5.74. The largest absolute Gasteiger partial charge is 0.423 e. The molecule has 7 heteroatoms. The van der Waals surface area contributed by atoms with Gasteiger partial charge in [-0.05, 0) is 46.3 Å². The SMILES string of the molecule is O=C(Nc1cccc(-c2nnco2)c1)c1ccnc(Br)c1. The van der Waals surface area contributed by atoms with Gasteiger partial charge in [0.1, 0.15) is 4.60 Å². The Labute approximate surface area is 128 Å². The lowest BCUT2D eigenvalue weighted by Crippen LogP contribution is -2.12. The topological polar surface area (TPSA) is 80.9 Å². The first-order chi connectivity index (χ1) is 10.2. The first kappa shape index (κ1) is 13.4. The smallest absolute Gasteiger partial charge is 0.255 e. The maximum Gasteiger partial charge on any atom is 0.255 e. The summed E-state index contributed by atoms with van der Waals surface area (Å²) in [6.45, 7) is 0. The van der Waals surface area contributed by atoms with Crippen LogP contribution < -0.4 is 5.32 Å². The Bertz CT molecular complexity index is 774. The summed E-state index contributed by atoms with van der Waals surface area (Å²) in [4.78, 5) is 16.1. The van der Waals surface area contributed by atoms with Gasteiger partial charge < -0.3 is 9.73 Å². The summed E-state index contributed by atoms with van der Waals surface area (Å²) in [6, 6.07) is 10.5. The van der Waals surface area contributed by atoms with Crippen LogP contribution in [0.1, 0.15) is 10.4 Å². The van der Waals surface area contributed by atoms with Crippen LogP contribution in [0.5, 0.6) is 0 Å². The highest BCUT2D eigenvalue weighted by molar-refractivity contribution is 9.10. The highest BCUT2D eigenvalue weighted by atomic mass is 79.9. The fourth-order valence-corrected chi connectivity index (χ4v) is 2.14. The number of halogens is 1. The minimum Gasteiger partial charge on any atom is -0.423 e. The highest BCUT2D eigenvalue weighted by Crippen LogP contribution is 2.21. The predicted octanol–water partition coefficient (Wildman–Crippen LogP) is 3.15. The van der Waals surface area contributed by atoms with Gasteiger partial charge in [-0.3, -0.25) is 4.79 Å². The van der Waals surface area contributed by atoms with E-state index in [0.29, 0.717) is 21.7 Å². The first-order valence-electron chi connectivity index (χ1n) is 6.02. The predicted molar refractivity (Wildman–Crippen MR) is 79.6 cm³/mol. The number of hydrogen-bond acceptors (Lipinski definition) is 5. The van der Waals surface area contributed by atoms with Gasteiger partial charge in [0.15, 0.2) is 0 Å². The molecule has 3 aromatic rings. The maximum atomic E-state index is 12.2. The second-order valence-corrected chi connectivity index (χ2v) is 4.96. The standard InChI is InChI=1S/C14H9BrN4O2/c15-12-7-9(4-5-16-12)13(20)18-11-3-1-2-10(6-11)14-19-17-8-21-14/h1-8H,(H,18,20). The van der Waals surface area contributed by atoms with Crippen LogP contribution in [-0.4, -0.2) is 21.1 Å². The normalized spacial score (nSPS) is 10.3. The van der Waals surface area contributed by atoms with Crippen molar-refractivity contribution in [2.24, 2.45) is 0 Å². The van der Waals surface area contributed by atoms with E-state index in [0.717, 1.165) is 5.56 Å². The molecule has 0 spiro atoms. The van der Waals surface area contributed by atoms with Gasteiger partial charge in [-0.15, -0.1) is 10.2 Å². The lowest BCUT2D eigenvalue weighted by molar-refractivity contribution is 0.102. The highest BCUT2D eigenvalue weighted by Gasteiger charge is 2.09. The monoisotopic (exact) mass is 344 g/mol. The van der Waals surface area contributed by atoms with E-state index in [4.69, 9.17) is 4.42 Å². The number of nitrogens with one attached hydrogen (secondary N) is 1. The van der Waals surface area contributed by atoms with Gasteiger partial charge in [0.2, 0.25) is 12.3 Å². The Morgan fingerprint density at radius 2 is 2.14 bits per heavy atom. The van der Waals surface area contributed by atoms with E-state index in [1.165, 1.54) is 6.39 Å². The van der Waals surface area contributed by atoms with Crippen LogP contribution in [0, 0.1) is 0 Å². The lowest BCUT2D eigenvalue weighted by Gasteiger charge is -2.06. The van der Waals surface area contributed by atoms with Crippen LogP contribution in [0.3, 0.4) is 0 Å². The quantitative estimate of drug-likeness (QED) is 0.738. The maximum absolute atomic E-state index is 12.2. The van der Waals surface area contributed by atoms with Crippen molar-refractivity contribution in [3.05, 3.63) is 59.2 Å². The van der Waals surface area contributed by atoms with Crippen LogP contribution in [0.15, 0.2) is 58.0 Å². The van der Waals surface area contributed by atoms with Crippen molar-refractivity contribution >= 4 is 27.5 Å². The van der Waals surface area contributed by atoms with Crippen LogP contribution >= 0.6 is 15.9 Å². The third-order valence-electron chi connectivity index (χ3n) is 2.72. The molecule has 21 heavy (non-hydrogen) atoms. The Morgan fingerprint density at radius 3 is 2.90 bits per heavy atom. The summed E-state index contributed by atoms with van der Waals surface area (Å²) in [5.74, 6) is 0.179. The fourth-order valence-electron chi connectivity index (χ4n) is 1.78. The summed E-state index contributed by atoms with van der Waals surface area (Å²) in [6.07, 6.45) is 2.82. The number of anilines is 1. The Hall–Kier alpha value is -2.54. The minimum atomic E-state index is -0.222. The molecule has 0 aliphatic carbocycles. The molecule has 0 radical (unpaired) electrons. The Kier molecular flexibility index (Phi) is 3.74. The van der Waals surface area contributed by atoms with Crippen LogP contribution in [0.2, 0.25) is 0 Å². The molecule has 0 unspecified atom stereocenters. The molecular weight excluding hydrogens is 336 g/mol. The average molecular weight is 345 g/mol. The average Bonchev–Trinajstić information content (AvgIpc) is 3.02. The van der Waals surface area contributed by atoms with Crippen molar-refractivity contribution in [2.45, 2.75) is 0 Å². The van der Waals surface area contributed by atoms with E-state index < -0.39 is 0 Å². The van der Waals surface area contributed by atoms with Gasteiger partial charge in [-0.1, -0.05) is 6.07 Å². The first-order valence-corrected chi connectivity index (χ1v) is 6.81. The molecule has 2 aromatic heterocycles. The molecule has 0 bridgehead atoms. The van der Waals surface area contributed by atoms with Crippen LogP contribution in [0.25, 0.3) is 11.5 Å². The summed E-state index contributed by atoms with van der Waals surface area (Å²) in [5.41, 5.74) is 1.89. The summed E-state index contributed by atoms with van der Waals surface area (Å²) in [7, 11) is 0. The number of hydrogen-bond donors (Lipinski definition) is 1. The third-order valence-corrected chi connectivity index (χ3v) is 3.15. The second kappa shape index (κ2) is 5.84. The molecule has 0 aliphatic heterocycles.